The van der Waals surface area contributed by atoms with Crippen molar-refractivity contribution in [1.82, 2.24) is 0 Å². The summed E-state index contributed by atoms with van der Waals surface area (Å²) in [6.07, 6.45) is 0. The van der Waals surface area contributed by atoms with Crippen LogP contribution in [-0.4, -0.2) is 8.07 Å². The van der Waals surface area contributed by atoms with Crippen LogP contribution in [0.1, 0.15) is 26.3 Å². The van der Waals surface area contributed by atoms with E-state index in [1.165, 1.54) is 10.8 Å². The molecule has 0 fully saturated rings. The lowest BCUT2D eigenvalue weighted by Gasteiger charge is -2.23. The van der Waals surface area contributed by atoms with E-state index in [9.17, 15) is 0 Å². The molecule has 1 aromatic carbocycles. The van der Waals surface area contributed by atoms with Gasteiger partial charge in [-0.3, -0.25) is 0 Å². The molecule has 0 radical (unpaired) electrons. The van der Waals surface area contributed by atoms with E-state index in [-0.39, 0.29) is 5.41 Å². The van der Waals surface area contributed by atoms with Crippen LogP contribution in [0.5, 0.6) is 0 Å². The van der Waals surface area contributed by atoms with Gasteiger partial charge >= 0.3 is 0 Å². The molecule has 17 heavy (non-hydrogen) atoms. The van der Waals surface area contributed by atoms with Crippen LogP contribution in [0.3, 0.4) is 0 Å². The molecule has 0 N–H and O–H groups in total. The van der Waals surface area contributed by atoms with Crippen LogP contribution in [0.2, 0.25) is 0 Å². The average molecular weight is 242 g/mol. The topological polar surface area (TPSA) is 0 Å². The lowest BCUT2D eigenvalue weighted by molar-refractivity contribution is 0.590. The molecule has 0 aliphatic heterocycles. The van der Waals surface area contributed by atoms with E-state index in [0.29, 0.717) is 0 Å². The number of rotatable bonds is 4. The van der Waals surface area contributed by atoms with Gasteiger partial charge in [-0.2, -0.15) is 0 Å². The normalized spacial score (nSPS) is 11.9. The summed E-state index contributed by atoms with van der Waals surface area (Å²) in [5.74, 6) is 0. The van der Waals surface area contributed by atoms with Crippen molar-refractivity contribution in [3.05, 3.63) is 66.7 Å². The first kappa shape index (κ1) is 13.7. The smallest absolute Gasteiger partial charge is 0.106 e. The van der Waals surface area contributed by atoms with Gasteiger partial charge in [0.25, 0.3) is 0 Å². The van der Waals surface area contributed by atoms with Gasteiger partial charge in [0, 0.05) is 0 Å². The monoisotopic (exact) mass is 242 g/mol. The SMILES string of the molecule is C=C[Si](C=C)(C=C)c1ccc(C(C)(C)C)cc1. The van der Waals surface area contributed by atoms with Crippen molar-refractivity contribution in [3.63, 3.8) is 0 Å². The van der Waals surface area contributed by atoms with Crippen LogP contribution in [-0.2, 0) is 5.41 Å². The second-order valence-corrected chi connectivity index (χ2v) is 9.04. The van der Waals surface area contributed by atoms with E-state index in [2.05, 4.69) is 64.8 Å². The largest absolute Gasteiger partial charge is 0.156 e. The summed E-state index contributed by atoms with van der Waals surface area (Å²) in [5.41, 5.74) is 7.58. The molecule has 0 saturated heterocycles. The zero-order valence-corrected chi connectivity index (χ0v) is 12.2. The average Bonchev–Trinajstić information content (AvgIpc) is 2.32. The summed E-state index contributed by atoms with van der Waals surface area (Å²) in [5, 5.41) is 1.30. The molecule has 0 nitrogen and oxygen atoms in total. The Labute approximate surface area is 106 Å². The predicted molar refractivity (Wildman–Crippen MR) is 81.1 cm³/mol. The second kappa shape index (κ2) is 4.88. The Kier molecular flexibility index (Phi) is 3.94. The minimum Gasteiger partial charge on any atom is -0.106 e. The quantitative estimate of drug-likeness (QED) is 0.704. The van der Waals surface area contributed by atoms with E-state index >= 15 is 0 Å². The Bertz CT molecular complexity index is 396. The highest BCUT2D eigenvalue weighted by molar-refractivity contribution is 7.03. The third kappa shape index (κ3) is 2.67. The maximum atomic E-state index is 3.94. The molecule has 0 amide bonds. The lowest BCUT2D eigenvalue weighted by Crippen LogP contribution is -2.42. The maximum Gasteiger partial charge on any atom is 0.156 e. The Morgan fingerprint density at radius 3 is 1.59 bits per heavy atom. The van der Waals surface area contributed by atoms with Crippen LogP contribution < -0.4 is 5.19 Å². The number of benzene rings is 1. The Morgan fingerprint density at radius 1 is 0.882 bits per heavy atom. The minimum atomic E-state index is -1.88. The van der Waals surface area contributed by atoms with Gasteiger partial charge in [0.2, 0.25) is 0 Å². The predicted octanol–water partition coefficient (Wildman–Crippen LogP) is 3.82. The van der Waals surface area contributed by atoms with Crippen LogP contribution in [0.4, 0.5) is 0 Å². The zero-order chi connectivity index (χ0) is 13.1. The summed E-state index contributed by atoms with van der Waals surface area (Å²) in [6, 6.07) is 8.79. The molecule has 0 aromatic heterocycles. The summed E-state index contributed by atoms with van der Waals surface area (Å²) in [7, 11) is -1.88. The third-order valence-corrected chi connectivity index (χ3v) is 6.62. The minimum absolute atomic E-state index is 0.194. The summed E-state index contributed by atoms with van der Waals surface area (Å²) in [6.45, 7) is 18.5. The molecule has 0 atom stereocenters. The van der Waals surface area contributed by atoms with Crippen molar-refractivity contribution in [3.8, 4) is 0 Å². The molecular weight excluding hydrogens is 220 g/mol. The Balaban J connectivity index is 3.22. The van der Waals surface area contributed by atoms with E-state index in [4.69, 9.17) is 0 Å². The highest BCUT2D eigenvalue weighted by atomic mass is 28.3. The lowest BCUT2D eigenvalue weighted by atomic mass is 9.87. The number of hydrogen-bond acceptors (Lipinski definition) is 0. The Hall–Kier alpha value is -1.34. The van der Waals surface area contributed by atoms with Crippen molar-refractivity contribution < 1.29 is 0 Å². The first-order chi connectivity index (χ1) is 7.89. The van der Waals surface area contributed by atoms with Gasteiger partial charge in [0.05, 0.1) is 0 Å². The third-order valence-electron chi connectivity index (χ3n) is 3.26. The van der Waals surface area contributed by atoms with Crippen LogP contribution >= 0.6 is 0 Å². The van der Waals surface area contributed by atoms with Gasteiger partial charge in [0.15, 0.2) is 8.07 Å². The van der Waals surface area contributed by atoms with E-state index < -0.39 is 8.07 Å². The van der Waals surface area contributed by atoms with Crippen LogP contribution in [0.25, 0.3) is 0 Å². The highest BCUT2D eigenvalue weighted by Gasteiger charge is 2.24. The molecule has 1 heteroatoms. The fraction of sp³-hybridized carbons (Fsp3) is 0.250. The summed E-state index contributed by atoms with van der Waals surface area (Å²) >= 11 is 0. The zero-order valence-electron chi connectivity index (χ0n) is 11.2. The standard InChI is InChI=1S/C16H22Si/c1-7-17(8-2,9-3)15-12-10-14(11-13-15)16(4,5)6/h7-13H,1-3H2,4-6H3. The fourth-order valence-corrected chi connectivity index (χ4v) is 3.81. The molecule has 0 unspecified atom stereocenters. The van der Waals surface area contributed by atoms with Gasteiger partial charge in [-0.1, -0.05) is 62.1 Å². The molecule has 0 aliphatic rings. The summed E-state index contributed by atoms with van der Waals surface area (Å²) in [4.78, 5) is 0. The van der Waals surface area contributed by atoms with Gasteiger partial charge in [-0.25, -0.2) is 0 Å². The van der Waals surface area contributed by atoms with Gasteiger partial charge in [-0.15, -0.1) is 19.7 Å². The molecule has 1 rings (SSSR count). The van der Waals surface area contributed by atoms with Crippen molar-refractivity contribution >= 4 is 13.3 Å². The molecule has 0 spiro atoms. The summed E-state index contributed by atoms with van der Waals surface area (Å²) < 4.78 is 0. The molecule has 0 bridgehead atoms. The van der Waals surface area contributed by atoms with E-state index in [1.54, 1.807) is 0 Å². The van der Waals surface area contributed by atoms with Crippen molar-refractivity contribution in [1.29, 1.82) is 0 Å². The first-order valence-electron chi connectivity index (χ1n) is 5.91. The number of hydrogen-bond donors (Lipinski definition) is 0. The second-order valence-electron chi connectivity index (χ2n) is 5.37. The fourth-order valence-electron chi connectivity index (χ4n) is 1.86. The maximum absolute atomic E-state index is 3.94. The Morgan fingerprint density at radius 2 is 1.29 bits per heavy atom. The van der Waals surface area contributed by atoms with Crippen molar-refractivity contribution in [2.24, 2.45) is 0 Å². The van der Waals surface area contributed by atoms with Gasteiger partial charge < -0.3 is 0 Å². The molecule has 90 valence electrons. The van der Waals surface area contributed by atoms with Crippen LogP contribution in [0.15, 0.2) is 61.1 Å². The molecular formula is C16H22Si. The first-order valence-corrected chi connectivity index (χ1v) is 8.14. The molecule has 0 heterocycles. The molecule has 0 aliphatic carbocycles. The van der Waals surface area contributed by atoms with Crippen LogP contribution in [0, 0.1) is 0 Å². The van der Waals surface area contributed by atoms with Crippen molar-refractivity contribution in [2.75, 3.05) is 0 Å². The highest BCUT2D eigenvalue weighted by Crippen LogP contribution is 2.21. The van der Waals surface area contributed by atoms with E-state index in [1.807, 2.05) is 17.1 Å². The van der Waals surface area contributed by atoms with Gasteiger partial charge in [0.1, 0.15) is 0 Å². The molecule has 0 saturated carbocycles. The molecule has 1 aromatic rings. The van der Waals surface area contributed by atoms with E-state index in [0.717, 1.165) is 0 Å². The van der Waals surface area contributed by atoms with Gasteiger partial charge in [-0.05, 0) is 16.2 Å². The van der Waals surface area contributed by atoms with Crippen molar-refractivity contribution in [2.45, 2.75) is 26.2 Å².